The highest BCUT2D eigenvalue weighted by molar-refractivity contribution is 5.83. The third kappa shape index (κ3) is 4.79. The largest absolute Gasteiger partial charge is 0.463 e. The Hall–Kier alpha value is -2.38. The van der Waals surface area contributed by atoms with E-state index in [-0.39, 0.29) is 5.92 Å². The maximum atomic E-state index is 13.9. The van der Waals surface area contributed by atoms with Crippen LogP contribution in [0.5, 0.6) is 0 Å². The van der Waals surface area contributed by atoms with Crippen molar-refractivity contribution in [3.05, 3.63) is 46.5 Å². The van der Waals surface area contributed by atoms with Crippen molar-refractivity contribution < 1.29 is 36.6 Å². The molecule has 160 valence electrons. The average Bonchev–Trinajstić information content (AvgIpc) is 3.23. The van der Waals surface area contributed by atoms with E-state index >= 15 is 0 Å². The Morgan fingerprint density at radius 2 is 1.62 bits per heavy atom. The topological polar surface area (TPSA) is 52.6 Å². The van der Waals surface area contributed by atoms with Gasteiger partial charge in [0.25, 0.3) is 0 Å². The van der Waals surface area contributed by atoms with Crippen molar-refractivity contribution in [2.24, 2.45) is 17.3 Å². The molecule has 2 rings (SSSR count). The molecule has 0 spiro atoms. The van der Waals surface area contributed by atoms with Gasteiger partial charge in [-0.15, -0.1) is 0 Å². The van der Waals surface area contributed by atoms with Gasteiger partial charge in [-0.3, -0.25) is 4.79 Å². The van der Waals surface area contributed by atoms with Crippen LogP contribution in [0.3, 0.4) is 0 Å². The van der Waals surface area contributed by atoms with Crippen molar-refractivity contribution in [2.75, 3.05) is 6.61 Å². The number of carbonyl (C=O) groups is 2. The lowest BCUT2D eigenvalue weighted by atomic mass is 10.1. The average molecular weight is 416 g/mol. The number of benzene rings is 1. The molecule has 0 N–H and O–H groups in total. The number of rotatable bonds is 8. The fourth-order valence-electron chi connectivity index (χ4n) is 3.18. The highest BCUT2D eigenvalue weighted by atomic mass is 19.2. The van der Waals surface area contributed by atoms with E-state index in [0.717, 1.165) is 19.8 Å². The molecule has 0 amide bonds. The molecule has 1 saturated carbocycles. The number of halogens is 4. The van der Waals surface area contributed by atoms with Gasteiger partial charge in [0.1, 0.15) is 6.61 Å². The maximum Gasteiger partial charge on any atom is 0.330 e. The summed E-state index contributed by atoms with van der Waals surface area (Å²) in [5, 5.41) is 0. The van der Waals surface area contributed by atoms with Crippen molar-refractivity contribution in [1.82, 2.24) is 0 Å². The molecule has 1 aliphatic carbocycles. The van der Waals surface area contributed by atoms with E-state index in [1.54, 1.807) is 13.8 Å². The van der Waals surface area contributed by atoms with Gasteiger partial charge in [-0.05, 0) is 24.7 Å². The first-order valence-corrected chi connectivity index (χ1v) is 9.37. The first kappa shape index (κ1) is 22.9. The lowest BCUT2D eigenvalue weighted by Crippen LogP contribution is -2.14. The third-order valence-corrected chi connectivity index (χ3v) is 5.28. The van der Waals surface area contributed by atoms with Gasteiger partial charge in [0.15, 0.2) is 23.3 Å². The zero-order chi connectivity index (χ0) is 21.9. The molecule has 1 aromatic rings. The number of ether oxygens (including phenoxy) is 2. The number of hydrogen-bond donors (Lipinski definition) is 0. The fraction of sp³-hybridized carbons (Fsp3) is 0.524. The van der Waals surface area contributed by atoms with Gasteiger partial charge in [-0.2, -0.15) is 0 Å². The quantitative estimate of drug-likeness (QED) is 0.202. The number of unbranched alkanes of at least 4 members (excludes halogenated alkanes) is 1. The molecule has 0 aliphatic heterocycles. The molecule has 0 bridgehead atoms. The number of carbonyl (C=O) groups excluding carboxylic acids is 2. The standard InChI is InChI=1S/C21H24F4O4/c1-5-6-9-28-14(26)8-7-13-15(21(13,3)4)20(27)29-10-12-18(24)16(22)11(2)17(23)19(12)25/h7-8,13,15H,5-6,9-10H2,1-4H3. The van der Waals surface area contributed by atoms with Gasteiger partial charge >= 0.3 is 11.9 Å². The molecule has 8 heteroatoms. The second-order valence-corrected chi connectivity index (χ2v) is 7.67. The Kier molecular flexibility index (Phi) is 7.08. The van der Waals surface area contributed by atoms with Crippen LogP contribution in [-0.2, 0) is 25.7 Å². The summed E-state index contributed by atoms with van der Waals surface area (Å²) >= 11 is 0. The smallest absolute Gasteiger partial charge is 0.330 e. The summed E-state index contributed by atoms with van der Waals surface area (Å²) in [5.41, 5.74) is -2.31. The predicted molar refractivity (Wildman–Crippen MR) is 96.6 cm³/mol. The fourth-order valence-corrected chi connectivity index (χ4v) is 3.18. The van der Waals surface area contributed by atoms with E-state index in [4.69, 9.17) is 9.47 Å². The molecule has 0 aromatic heterocycles. The van der Waals surface area contributed by atoms with Gasteiger partial charge in [0.05, 0.1) is 18.1 Å². The van der Waals surface area contributed by atoms with Crippen molar-refractivity contribution in [2.45, 2.75) is 47.1 Å². The van der Waals surface area contributed by atoms with Gasteiger partial charge in [0, 0.05) is 11.6 Å². The Bertz CT molecular complexity index is 803. The van der Waals surface area contributed by atoms with E-state index < -0.39 is 64.3 Å². The molecule has 2 atom stereocenters. The van der Waals surface area contributed by atoms with Crippen LogP contribution >= 0.6 is 0 Å². The minimum Gasteiger partial charge on any atom is -0.463 e. The summed E-state index contributed by atoms with van der Waals surface area (Å²) in [6.07, 6.45) is 4.40. The van der Waals surface area contributed by atoms with Crippen LogP contribution in [0.25, 0.3) is 0 Å². The highest BCUT2D eigenvalue weighted by Crippen LogP contribution is 2.59. The van der Waals surface area contributed by atoms with E-state index in [9.17, 15) is 27.2 Å². The second kappa shape index (κ2) is 8.97. The molecule has 4 nitrogen and oxygen atoms in total. The summed E-state index contributed by atoms with van der Waals surface area (Å²) < 4.78 is 65.0. The monoisotopic (exact) mass is 416 g/mol. The minimum atomic E-state index is -1.59. The van der Waals surface area contributed by atoms with Crippen LogP contribution in [0, 0.1) is 47.4 Å². The molecule has 0 radical (unpaired) electrons. The second-order valence-electron chi connectivity index (χ2n) is 7.67. The number of allylic oxidation sites excluding steroid dienone is 1. The van der Waals surface area contributed by atoms with Crippen LogP contribution in [0.15, 0.2) is 12.2 Å². The summed E-state index contributed by atoms with van der Waals surface area (Å²) in [6, 6.07) is 0. The lowest BCUT2D eigenvalue weighted by Gasteiger charge is -2.10. The molecule has 1 aliphatic rings. The summed E-state index contributed by atoms with van der Waals surface area (Å²) in [4.78, 5) is 24.0. The molecule has 1 fully saturated rings. The normalized spacial score (nSPS) is 20.0. The summed E-state index contributed by atoms with van der Waals surface area (Å²) in [7, 11) is 0. The lowest BCUT2D eigenvalue weighted by molar-refractivity contribution is -0.147. The Labute approximate surface area is 166 Å². The predicted octanol–water partition coefficient (Wildman–Crippen LogP) is 4.77. The van der Waals surface area contributed by atoms with Crippen molar-refractivity contribution in [3.8, 4) is 0 Å². The van der Waals surface area contributed by atoms with Crippen molar-refractivity contribution in [3.63, 3.8) is 0 Å². The van der Waals surface area contributed by atoms with E-state index in [1.807, 2.05) is 6.92 Å². The van der Waals surface area contributed by atoms with Crippen LogP contribution < -0.4 is 0 Å². The van der Waals surface area contributed by atoms with Gasteiger partial charge in [-0.25, -0.2) is 22.4 Å². The molecule has 1 aromatic carbocycles. The molecule has 2 unspecified atom stereocenters. The van der Waals surface area contributed by atoms with Crippen molar-refractivity contribution >= 4 is 11.9 Å². The molecule has 0 saturated heterocycles. The number of hydrogen-bond acceptors (Lipinski definition) is 4. The number of esters is 2. The van der Waals surface area contributed by atoms with Crippen molar-refractivity contribution in [1.29, 1.82) is 0 Å². The molecular formula is C21H24F4O4. The van der Waals surface area contributed by atoms with Crippen LogP contribution in [-0.4, -0.2) is 18.5 Å². The van der Waals surface area contributed by atoms with Crippen LogP contribution in [0.2, 0.25) is 0 Å². The van der Waals surface area contributed by atoms with Gasteiger partial charge in [0.2, 0.25) is 0 Å². The van der Waals surface area contributed by atoms with E-state index in [0.29, 0.717) is 6.61 Å². The highest BCUT2D eigenvalue weighted by Gasteiger charge is 2.61. The molecular weight excluding hydrogens is 392 g/mol. The Morgan fingerprint density at radius 3 is 2.17 bits per heavy atom. The molecule has 29 heavy (non-hydrogen) atoms. The Balaban J connectivity index is 2.01. The van der Waals surface area contributed by atoms with Gasteiger partial charge < -0.3 is 9.47 Å². The Morgan fingerprint density at radius 1 is 1.03 bits per heavy atom. The zero-order valence-corrected chi connectivity index (χ0v) is 16.8. The summed E-state index contributed by atoms with van der Waals surface area (Å²) in [5.74, 6) is -8.52. The first-order chi connectivity index (χ1) is 13.5. The zero-order valence-electron chi connectivity index (χ0n) is 16.8. The first-order valence-electron chi connectivity index (χ1n) is 9.37. The minimum absolute atomic E-state index is 0.306. The van der Waals surface area contributed by atoms with E-state index in [2.05, 4.69) is 0 Å². The van der Waals surface area contributed by atoms with Crippen LogP contribution in [0.1, 0.15) is 44.7 Å². The molecule has 0 heterocycles. The summed E-state index contributed by atoms with van der Waals surface area (Å²) in [6.45, 7) is 5.77. The van der Waals surface area contributed by atoms with Crippen LogP contribution in [0.4, 0.5) is 17.6 Å². The SMILES string of the molecule is CCCCOC(=O)C=CC1C(C(=O)OCc2c(F)c(F)c(C)c(F)c2F)C1(C)C. The third-order valence-electron chi connectivity index (χ3n) is 5.28. The van der Waals surface area contributed by atoms with E-state index in [1.165, 1.54) is 12.2 Å². The van der Waals surface area contributed by atoms with Gasteiger partial charge in [-0.1, -0.05) is 33.3 Å². The maximum absolute atomic E-state index is 13.9.